The molecule has 2 aliphatic heterocycles. The second-order valence-corrected chi connectivity index (χ2v) is 11.2. The molecule has 4 aromatic rings. The Morgan fingerprint density at radius 2 is 1.77 bits per heavy atom. The van der Waals surface area contributed by atoms with Gasteiger partial charge in [-0.25, -0.2) is 9.07 Å². The van der Waals surface area contributed by atoms with Gasteiger partial charge in [0.1, 0.15) is 29.7 Å². The summed E-state index contributed by atoms with van der Waals surface area (Å²) < 4.78 is 32.5. The summed E-state index contributed by atoms with van der Waals surface area (Å²) in [5.41, 5.74) is 3.58. The van der Waals surface area contributed by atoms with Gasteiger partial charge in [-0.05, 0) is 42.5 Å². The summed E-state index contributed by atoms with van der Waals surface area (Å²) >= 11 is 1.44. The van der Waals surface area contributed by atoms with E-state index in [1.165, 1.54) is 28.8 Å². The van der Waals surface area contributed by atoms with Crippen LogP contribution in [-0.2, 0) is 14.3 Å². The molecule has 11 heteroatoms. The van der Waals surface area contributed by atoms with Gasteiger partial charge in [-0.1, -0.05) is 30.3 Å². The molecular weight excluding hydrogens is 571 g/mol. The molecule has 0 unspecified atom stereocenters. The van der Waals surface area contributed by atoms with Crippen molar-refractivity contribution in [1.82, 2.24) is 14.7 Å². The number of morpholine rings is 1. The van der Waals surface area contributed by atoms with E-state index in [1.54, 1.807) is 35.9 Å². The summed E-state index contributed by atoms with van der Waals surface area (Å²) in [6, 6.07) is 21.2. The van der Waals surface area contributed by atoms with Crippen LogP contribution in [0.1, 0.15) is 16.4 Å². The first kappa shape index (κ1) is 28.8. The summed E-state index contributed by atoms with van der Waals surface area (Å²) in [7, 11) is 3.20. The van der Waals surface area contributed by atoms with Crippen molar-refractivity contribution in [1.29, 1.82) is 0 Å². The summed E-state index contributed by atoms with van der Waals surface area (Å²) in [5.74, 6) is 1.02. The monoisotopic (exact) mass is 602 g/mol. The number of hydrogen-bond donors (Lipinski definition) is 0. The number of carbonyl (C=O) groups is 2. The number of thioether (sulfide) groups is 1. The van der Waals surface area contributed by atoms with Crippen LogP contribution in [0.4, 0.5) is 10.2 Å². The summed E-state index contributed by atoms with van der Waals surface area (Å²) in [6.45, 7) is 1.64. The largest absolute Gasteiger partial charge is 0.497 e. The molecular formula is C32H31FN4O5S. The van der Waals surface area contributed by atoms with Crippen molar-refractivity contribution in [3.63, 3.8) is 0 Å². The molecule has 2 aliphatic rings. The van der Waals surface area contributed by atoms with E-state index >= 15 is 0 Å². The van der Waals surface area contributed by atoms with E-state index in [9.17, 15) is 14.0 Å². The molecule has 1 fully saturated rings. The van der Waals surface area contributed by atoms with Gasteiger partial charge in [0.2, 0.25) is 11.8 Å². The maximum atomic E-state index is 14.0. The quantitative estimate of drug-likeness (QED) is 0.303. The fraction of sp³-hybridized carbons (Fsp3) is 0.281. The number of rotatable bonds is 7. The molecule has 9 nitrogen and oxygen atoms in total. The number of methoxy groups -OCH3 is 2. The normalized spacial score (nSPS) is 16.9. The van der Waals surface area contributed by atoms with Crippen molar-refractivity contribution >= 4 is 29.4 Å². The zero-order valence-electron chi connectivity index (χ0n) is 23.9. The molecule has 6 rings (SSSR count). The van der Waals surface area contributed by atoms with Gasteiger partial charge in [-0.15, -0.1) is 11.8 Å². The lowest BCUT2D eigenvalue weighted by Gasteiger charge is -2.30. The Morgan fingerprint density at radius 3 is 2.47 bits per heavy atom. The molecule has 0 bridgehead atoms. The van der Waals surface area contributed by atoms with Gasteiger partial charge in [-0.3, -0.25) is 14.5 Å². The fourth-order valence-electron chi connectivity index (χ4n) is 5.43. The lowest BCUT2D eigenvalue weighted by atomic mass is 9.98. The number of carbonyl (C=O) groups excluding carboxylic acids is 2. The van der Waals surface area contributed by atoms with Crippen molar-refractivity contribution in [2.24, 2.45) is 0 Å². The van der Waals surface area contributed by atoms with Crippen molar-refractivity contribution in [2.75, 3.05) is 57.7 Å². The Hall–Kier alpha value is -4.35. The number of anilines is 1. The number of aromatic nitrogens is 2. The van der Waals surface area contributed by atoms with E-state index in [-0.39, 0.29) is 24.1 Å². The van der Waals surface area contributed by atoms with Crippen molar-refractivity contribution in [2.45, 2.75) is 5.25 Å². The SMILES string of the molecule is COc1ccc(OC)c([C@H]2SCC(=O)N(CC(=O)N3CCOCC3)c3c2c(-c2ccccc2)nn3-c2ccc(F)cc2)c1. The molecule has 0 N–H and O–H groups in total. The number of nitrogens with zero attached hydrogens (tertiary/aromatic N) is 4. The molecule has 3 heterocycles. The molecule has 222 valence electrons. The predicted octanol–water partition coefficient (Wildman–Crippen LogP) is 4.72. The maximum Gasteiger partial charge on any atom is 0.242 e. The van der Waals surface area contributed by atoms with Crippen LogP contribution in [0.15, 0.2) is 72.8 Å². The third-order valence-electron chi connectivity index (χ3n) is 7.58. The second kappa shape index (κ2) is 12.5. The average Bonchev–Trinajstić information content (AvgIpc) is 3.38. The Kier molecular flexibility index (Phi) is 8.35. The van der Waals surface area contributed by atoms with Crippen LogP contribution in [0.3, 0.4) is 0 Å². The Labute approximate surface area is 253 Å². The Morgan fingerprint density at radius 1 is 1.02 bits per heavy atom. The fourth-order valence-corrected chi connectivity index (χ4v) is 6.64. The van der Waals surface area contributed by atoms with Crippen molar-refractivity contribution < 1.29 is 28.2 Å². The van der Waals surface area contributed by atoms with Crippen LogP contribution in [-0.4, -0.2) is 79.3 Å². The number of amides is 2. The first-order valence-electron chi connectivity index (χ1n) is 13.9. The van der Waals surface area contributed by atoms with Gasteiger partial charge < -0.3 is 19.1 Å². The van der Waals surface area contributed by atoms with Gasteiger partial charge in [0.05, 0.1) is 49.8 Å². The molecule has 0 saturated carbocycles. The summed E-state index contributed by atoms with van der Waals surface area (Å²) in [6.07, 6.45) is 0. The third kappa shape index (κ3) is 5.70. The van der Waals surface area contributed by atoms with E-state index < -0.39 is 11.1 Å². The van der Waals surface area contributed by atoms with E-state index in [0.29, 0.717) is 55.0 Å². The zero-order valence-corrected chi connectivity index (χ0v) is 24.7. The molecule has 43 heavy (non-hydrogen) atoms. The lowest BCUT2D eigenvalue weighted by molar-refractivity contribution is -0.134. The maximum absolute atomic E-state index is 14.0. The van der Waals surface area contributed by atoms with Crippen LogP contribution in [0.2, 0.25) is 0 Å². The van der Waals surface area contributed by atoms with Crippen LogP contribution in [0.25, 0.3) is 16.9 Å². The number of fused-ring (bicyclic) bond motifs is 1. The highest BCUT2D eigenvalue weighted by molar-refractivity contribution is 8.00. The van der Waals surface area contributed by atoms with Crippen LogP contribution in [0, 0.1) is 5.82 Å². The summed E-state index contributed by atoms with van der Waals surface area (Å²) in [5, 5.41) is 4.63. The molecule has 0 radical (unpaired) electrons. The first-order valence-corrected chi connectivity index (χ1v) is 15.0. The molecule has 1 aromatic heterocycles. The topological polar surface area (TPSA) is 86.1 Å². The number of benzene rings is 3. The third-order valence-corrected chi connectivity index (χ3v) is 8.82. The highest BCUT2D eigenvalue weighted by Crippen LogP contribution is 2.51. The van der Waals surface area contributed by atoms with Gasteiger partial charge in [0.15, 0.2) is 0 Å². The van der Waals surface area contributed by atoms with Crippen LogP contribution >= 0.6 is 11.8 Å². The van der Waals surface area contributed by atoms with Crippen molar-refractivity contribution in [3.8, 4) is 28.4 Å². The Balaban J connectivity index is 1.61. The van der Waals surface area contributed by atoms with Gasteiger partial charge >= 0.3 is 0 Å². The van der Waals surface area contributed by atoms with E-state index in [1.807, 2.05) is 48.5 Å². The van der Waals surface area contributed by atoms with Crippen molar-refractivity contribution in [3.05, 3.63) is 89.7 Å². The van der Waals surface area contributed by atoms with Crippen LogP contribution in [0.5, 0.6) is 11.5 Å². The minimum Gasteiger partial charge on any atom is -0.497 e. The number of halogens is 1. The van der Waals surface area contributed by atoms with Gasteiger partial charge in [-0.2, -0.15) is 5.10 Å². The van der Waals surface area contributed by atoms with Gasteiger partial charge in [0, 0.05) is 29.8 Å². The zero-order chi connectivity index (χ0) is 29.9. The number of ether oxygens (including phenoxy) is 3. The first-order chi connectivity index (χ1) is 21.0. The highest BCUT2D eigenvalue weighted by atomic mass is 32.2. The molecule has 0 spiro atoms. The second-order valence-electron chi connectivity index (χ2n) is 10.1. The minimum atomic E-state index is -0.420. The number of hydrogen-bond acceptors (Lipinski definition) is 7. The van der Waals surface area contributed by atoms with E-state index in [2.05, 4.69) is 0 Å². The standard InChI is InChI=1S/C32H31FN4O5S/c1-40-24-12-13-26(41-2)25(18-24)31-29-30(21-6-4-3-5-7-21)34-37(23-10-8-22(33)9-11-23)32(29)36(28(39)20-43-31)19-27(38)35-14-16-42-17-15-35/h3-13,18,31H,14-17,19-20H2,1-2H3/t31-/m1/s1. The summed E-state index contributed by atoms with van der Waals surface area (Å²) in [4.78, 5) is 30.8. The molecule has 1 atom stereocenters. The molecule has 3 aromatic carbocycles. The molecule has 2 amide bonds. The van der Waals surface area contributed by atoms with Crippen LogP contribution < -0.4 is 14.4 Å². The Bertz CT molecular complexity index is 1620. The lowest BCUT2D eigenvalue weighted by Crippen LogP contribution is -2.48. The average molecular weight is 603 g/mol. The van der Waals surface area contributed by atoms with E-state index in [0.717, 1.165) is 16.7 Å². The molecule has 1 saturated heterocycles. The molecule has 0 aliphatic carbocycles. The predicted molar refractivity (Wildman–Crippen MR) is 163 cm³/mol. The van der Waals surface area contributed by atoms with Gasteiger partial charge in [0.25, 0.3) is 0 Å². The van der Waals surface area contributed by atoms with E-state index in [4.69, 9.17) is 19.3 Å². The highest BCUT2D eigenvalue weighted by Gasteiger charge is 2.39. The smallest absolute Gasteiger partial charge is 0.242 e. The minimum absolute atomic E-state index is 0.105.